The van der Waals surface area contributed by atoms with Crippen molar-refractivity contribution in [1.82, 2.24) is 20.4 Å². The number of nitrogen functional groups attached to an aromatic ring is 1. The van der Waals surface area contributed by atoms with E-state index in [0.29, 0.717) is 5.13 Å². The molecule has 0 aliphatic carbocycles. The van der Waals surface area contributed by atoms with E-state index in [-0.39, 0.29) is 0 Å². The summed E-state index contributed by atoms with van der Waals surface area (Å²) in [6.07, 6.45) is 1.99. The second-order valence-corrected chi connectivity index (χ2v) is 6.79. The van der Waals surface area contributed by atoms with E-state index in [0.717, 1.165) is 19.4 Å². The molecular weight excluding hydrogens is 284 g/mol. The minimum absolute atomic E-state index is 0.623. The van der Waals surface area contributed by atoms with Gasteiger partial charge in [-0.25, -0.2) is 5.84 Å². The smallest absolute Gasteiger partial charge is 0.219 e. The normalized spacial score (nSPS) is 10.6. The van der Waals surface area contributed by atoms with Crippen LogP contribution in [0.2, 0.25) is 0 Å². The maximum atomic E-state index is 5.22. The average molecular weight is 292 g/mol. The second kappa shape index (κ2) is 5.77. The molecule has 10 heteroatoms. The van der Waals surface area contributed by atoms with Gasteiger partial charge in [-0.2, -0.15) is 0 Å². The Hall–Kier alpha value is -0.420. The van der Waals surface area contributed by atoms with Gasteiger partial charge in [-0.1, -0.05) is 46.2 Å². The van der Waals surface area contributed by atoms with E-state index < -0.39 is 0 Å². The van der Waals surface area contributed by atoms with Crippen LogP contribution in [0.4, 0.5) is 5.13 Å². The number of hydrogen-bond acceptors (Lipinski definition) is 10. The molecule has 2 rings (SSSR count). The van der Waals surface area contributed by atoms with Crippen LogP contribution in [0.3, 0.4) is 0 Å². The van der Waals surface area contributed by atoms with Gasteiger partial charge >= 0.3 is 0 Å². The topological polar surface area (TPSA) is 89.6 Å². The first-order chi connectivity index (χ1) is 7.81. The van der Waals surface area contributed by atoms with Crippen molar-refractivity contribution in [3.63, 3.8) is 0 Å². The Bertz CT molecular complexity index is 411. The molecule has 2 aromatic heterocycles. The molecule has 0 aromatic carbocycles. The fourth-order valence-electron chi connectivity index (χ4n) is 0.832. The Labute approximate surface area is 108 Å². The van der Waals surface area contributed by atoms with Crippen LogP contribution in [0.5, 0.6) is 0 Å². The zero-order valence-electron chi connectivity index (χ0n) is 8.21. The number of nitrogens with one attached hydrogen (secondary N) is 1. The van der Waals surface area contributed by atoms with Crippen LogP contribution in [0, 0.1) is 0 Å². The molecule has 0 saturated heterocycles. The number of thioether (sulfide) groups is 2. The number of hydrogen-bond donors (Lipinski definition) is 2. The molecule has 0 fully saturated rings. The average Bonchev–Trinajstić information content (AvgIpc) is 2.95. The molecule has 2 aromatic rings. The highest BCUT2D eigenvalue weighted by molar-refractivity contribution is 8.02. The van der Waals surface area contributed by atoms with Crippen molar-refractivity contribution in [2.75, 3.05) is 11.7 Å². The fraction of sp³-hybridized carbons (Fsp3) is 0.333. The van der Waals surface area contributed by atoms with Gasteiger partial charge in [0.25, 0.3) is 0 Å². The third-order valence-corrected chi connectivity index (χ3v) is 5.55. The van der Waals surface area contributed by atoms with E-state index in [1.54, 1.807) is 34.9 Å². The predicted molar refractivity (Wildman–Crippen MR) is 69.0 cm³/mol. The number of nitrogens with two attached hydrogens (primary N) is 1. The SMILES string of the molecule is CSc1nnc(SCc2nnc(NN)s2)s1. The van der Waals surface area contributed by atoms with Gasteiger partial charge in [-0.05, 0) is 6.26 Å². The van der Waals surface area contributed by atoms with E-state index in [2.05, 4.69) is 25.8 Å². The van der Waals surface area contributed by atoms with Gasteiger partial charge in [0.2, 0.25) is 5.13 Å². The highest BCUT2D eigenvalue weighted by Gasteiger charge is 2.07. The van der Waals surface area contributed by atoms with Crippen LogP contribution in [0.15, 0.2) is 8.68 Å². The van der Waals surface area contributed by atoms with Crippen LogP contribution in [-0.2, 0) is 5.75 Å². The molecule has 86 valence electrons. The minimum atomic E-state index is 0.623. The Balaban J connectivity index is 1.91. The zero-order valence-corrected chi connectivity index (χ0v) is 11.5. The van der Waals surface area contributed by atoms with E-state index in [1.165, 1.54) is 11.3 Å². The summed E-state index contributed by atoms with van der Waals surface area (Å²) in [5.41, 5.74) is 2.47. The molecule has 3 N–H and O–H groups in total. The van der Waals surface area contributed by atoms with Gasteiger partial charge in [0.1, 0.15) is 5.01 Å². The van der Waals surface area contributed by atoms with Crippen LogP contribution in [0.25, 0.3) is 0 Å². The lowest BCUT2D eigenvalue weighted by Crippen LogP contribution is -2.05. The highest BCUT2D eigenvalue weighted by Crippen LogP contribution is 2.30. The first-order valence-electron chi connectivity index (χ1n) is 4.11. The third kappa shape index (κ3) is 3.04. The zero-order chi connectivity index (χ0) is 11.4. The number of aromatic nitrogens is 4. The number of anilines is 1. The largest absolute Gasteiger partial charge is 0.298 e. The number of hydrazine groups is 1. The van der Waals surface area contributed by atoms with E-state index in [4.69, 9.17) is 5.84 Å². The second-order valence-electron chi connectivity index (χ2n) is 2.47. The standard InChI is InChI=1S/C6H8N6S4/c1-13-5-11-12-6(16-5)14-2-3-9-10-4(8-7)15-3/h2,7H2,1H3,(H,8,10). The van der Waals surface area contributed by atoms with Gasteiger partial charge in [-0.15, -0.1) is 20.4 Å². The van der Waals surface area contributed by atoms with Crippen molar-refractivity contribution < 1.29 is 0 Å². The Morgan fingerprint density at radius 2 is 2.00 bits per heavy atom. The van der Waals surface area contributed by atoms with Gasteiger partial charge < -0.3 is 0 Å². The molecule has 0 amide bonds. The van der Waals surface area contributed by atoms with Crippen LogP contribution in [0.1, 0.15) is 5.01 Å². The monoisotopic (exact) mass is 292 g/mol. The first kappa shape index (κ1) is 12.0. The summed E-state index contributed by atoms with van der Waals surface area (Å²) < 4.78 is 1.92. The quantitative estimate of drug-likeness (QED) is 0.489. The van der Waals surface area contributed by atoms with Crippen molar-refractivity contribution >= 4 is 51.3 Å². The van der Waals surface area contributed by atoms with E-state index in [1.807, 2.05) is 6.26 Å². The van der Waals surface area contributed by atoms with Gasteiger partial charge in [0, 0.05) is 0 Å². The number of nitrogens with zero attached hydrogens (tertiary/aromatic N) is 4. The lowest BCUT2D eigenvalue weighted by molar-refractivity contribution is 0.954. The molecule has 0 unspecified atom stereocenters. The van der Waals surface area contributed by atoms with Crippen molar-refractivity contribution in [3.8, 4) is 0 Å². The third-order valence-electron chi connectivity index (χ3n) is 1.47. The van der Waals surface area contributed by atoms with Gasteiger partial charge in [-0.3, -0.25) is 5.43 Å². The molecule has 0 spiro atoms. The van der Waals surface area contributed by atoms with Gasteiger partial charge in [0.05, 0.1) is 5.75 Å². The summed E-state index contributed by atoms with van der Waals surface area (Å²) in [5, 5.41) is 17.4. The van der Waals surface area contributed by atoms with Crippen LogP contribution < -0.4 is 11.3 Å². The molecule has 0 atom stereocenters. The maximum absolute atomic E-state index is 5.22. The Kier molecular flexibility index (Phi) is 4.35. The molecule has 0 bridgehead atoms. The molecule has 0 saturated carbocycles. The fourth-order valence-corrected chi connectivity index (χ4v) is 3.91. The Morgan fingerprint density at radius 3 is 2.62 bits per heavy atom. The summed E-state index contributed by atoms with van der Waals surface area (Å²) in [5.74, 6) is 5.96. The summed E-state index contributed by atoms with van der Waals surface area (Å²) >= 11 is 6.22. The summed E-state index contributed by atoms with van der Waals surface area (Å²) in [6, 6.07) is 0. The maximum Gasteiger partial charge on any atom is 0.219 e. The first-order valence-corrected chi connectivity index (χ1v) is 7.95. The van der Waals surface area contributed by atoms with Crippen molar-refractivity contribution in [1.29, 1.82) is 0 Å². The Morgan fingerprint density at radius 1 is 1.19 bits per heavy atom. The molecule has 16 heavy (non-hydrogen) atoms. The van der Waals surface area contributed by atoms with Crippen molar-refractivity contribution in [3.05, 3.63) is 5.01 Å². The molecule has 6 nitrogen and oxygen atoms in total. The lowest BCUT2D eigenvalue weighted by Gasteiger charge is -1.90. The molecule has 0 aliphatic heterocycles. The minimum Gasteiger partial charge on any atom is -0.298 e. The number of rotatable bonds is 5. The summed E-state index contributed by atoms with van der Waals surface area (Å²) in [7, 11) is 0. The van der Waals surface area contributed by atoms with E-state index >= 15 is 0 Å². The predicted octanol–water partition coefficient (Wildman–Crippen LogP) is 1.69. The summed E-state index contributed by atoms with van der Waals surface area (Å²) in [4.78, 5) is 0. The van der Waals surface area contributed by atoms with Crippen LogP contribution >= 0.6 is 46.2 Å². The van der Waals surface area contributed by atoms with Crippen molar-refractivity contribution in [2.45, 2.75) is 14.4 Å². The van der Waals surface area contributed by atoms with Crippen LogP contribution in [-0.4, -0.2) is 26.7 Å². The molecule has 2 heterocycles. The molecule has 0 radical (unpaired) electrons. The van der Waals surface area contributed by atoms with Gasteiger partial charge in [0.15, 0.2) is 8.68 Å². The molecule has 0 aliphatic rings. The van der Waals surface area contributed by atoms with E-state index in [9.17, 15) is 0 Å². The van der Waals surface area contributed by atoms with Crippen molar-refractivity contribution in [2.24, 2.45) is 5.84 Å². The summed E-state index contributed by atoms with van der Waals surface area (Å²) in [6.45, 7) is 0. The lowest BCUT2D eigenvalue weighted by atomic mass is 10.9. The molecular formula is C6H8N6S4. The highest BCUT2D eigenvalue weighted by atomic mass is 32.2.